The summed E-state index contributed by atoms with van der Waals surface area (Å²) in [5.74, 6) is 0. The molecule has 1 nitrogen and oxygen atoms in total. The van der Waals surface area contributed by atoms with E-state index in [1.165, 1.54) is 0 Å². The summed E-state index contributed by atoms with van der Waals surface area (Å²) in [7, 11) is 0. The van der Waals surface area contributed by atoms with E-state index < -0.39 is 23.5 Å². The lowest BCUT2D eigenvalue weighted by molar-refractivity contribution is -0.340. The zero-order valence-corrected chi connectivity index (χ0v) is 7.15. The first-order valence-corrected chi connectivity index (χ1v) is 3.50. The van der Waals surface area contributed by atoms with Crippen LogP contribution in [0, 0.1) is 0 Å². The van der Waals surface area contributed by atoms with E-state index in [4.69, 9.17) is 0 Å². The summed E-state index contributed by atoms with van der Waals surface area (Å²) in [6, 6.07) is -1.32. The van der Waals surface area contributed by atoms with Crippen LogP contribution < -0.4 is 0 Å². The molecule has 0 rings (SSSR count). The molecule has 13 heavy (non-hydrogen) atoms. The quantitative estimate of drug-likeness (QED) is 0.540. The summed E-state index contributed by atoms with van der Waals surface area (Å²) in [4.78, 5) is 0. The van der Waals surface area contributed by atoms with Gasteiger partial charge in [0, 0.05) is 0 Å². The molecule has 0 aliphatic heterocycles. The number of ether oxygens (including phenoxy) is 1. The minimum Gasteiger partial charge on any atom is -0.328 e. The van der Waals surface area contributed by atoms with Crippen molar-refractivity contribution < 1.29 is 31.1 Å². The molecular weight excluding hydrogens is 249 g/mol. The summed E-state index contributed by atoms with van der Waals surface area (Å²) in [6.45, 7) is 0. The molecule has 0 bridgehead atoms. The largest absolute Gasteiger partial charge is 0.441 e. The van der Waals surface area contributed by atoms with E-state index in [0.29, 0.717) is 0 Å². The second kappa shape index (κ2) is 3.70. The molecule has 0 aliphatic rings. The minimum atomic E-state index is -5.78. The van der Waals surface area contributed by atoms with Gasteiger partial charge in [0.05, 0.1) is 0 Å². The molecule has 0 unspecified atom stereocenters. The van der Waals surface area contributed by atoms with E-state index in [1.807, 2.05) is 0 Å². The predicted molar refractivity (Wildman–Crippen MR) is 32.5 cm³/mol. The minimum absolute atomic E-state index is 1.32. The van der Waals surface area contributed by atoms with E-state index in [2.05, 4.69) is 27.9 Å². The lowest BCUT2D eigenvalue weighted by Gasteiger charge is -2.30. The molecule has 0 aromatic rings. The zero-order valence-electron chi connectivity index (χ0n) is 5.64. The number of halogens is 8. The van der Waals surface area contributed by atoms with Gasteiger partial charge < -0.3 is 4.74 Å². The molecule has 0 radical (unpaired) electrons. The number of hydrogen-bond donors (Lipinski definition) is 0. The van der Waals surface area contributed by atoms with Crippen LogP contribution >= 0.6 is 23.2 Å². The molecule has 0 atom stereocenters. The van der Waals surface area contributed by atoms with Crippen LogP contribution in [0.15, 0.2) is 0 Å². The van der Waals surface area contributed by atoms with E-state index in [-0.39, 0.29) is 0 Å². The number of alkyl halides is 8. The maximum Gasteiger partial charge on any atom is 0.441 e. The third-order valence-electron chi connectivity index (χ3n) is 0.983. The second-order valence-corrected chi connectivity index (χ2v) is 2.59. The number of rotatable bonds is 2. The van der Waals surface area contributed by atoms with E-state index in [0.717, 1.165) is 0 Å². The molecule has 0 amide bonds. The Labute approximate surface area is 78.5 Å². The van der Waals surface area contributed by atoms with Gasteiger partial charge >= 0.3 is 17.4 Å². The average Bonchev–Trinajstić information content (AvgIpc) is 1.82. The predicted octanol–water partition coefficient (Wildman–Crippen LogP) is 3.26. The van der Waals surface area contributed by atoms with Crippen LogP contribution in [0.1, 0.15) is 0 Å². The van der Waals surface area contributed by atoms with Crippen molar-refractivity contribution in [2.75, 3.05) is 6.07 Å². The highest BCUT2D eigenvalue weighted by Crippen LogP contribution is 2.48. The van der Waals surface area contributed by atoms with Gasteiger partial charge in [0.15, 0.2) is 0 Å². The normalized spacial score (nSPS) is 14.8. The van der Waals surface area contributed by atoms with Gasteiger partial charge in [-0.25, -0.2) is 0 Å². The van der Waals surface area contributed by atoms with Gasteiger partial charge in [-0.05, 0) is 0 Å². The smallest absolute Gasteiger partial charge is 0.328 e. The maximum absolute atomic E-state index is 11.8. The van der Waals surface area contributed by atoms with Gasteiger partial charge in [-0.3, -0.25) is 0 Å². The van der Waals surface area contributed by atoms with Crippen LogP contribution in [0.4, 0.5) is 26.3 Å². The van der Waals surface area contributed by atoms with Gasteiger partial charge in [-0.15, -0.1) is 0 Å². The molecule has 0 N–H and O–H groups in total. The van der Waals surface area contributed by atoms with Crippen LogP contribution in [0.5, 0.6) is 0 Å². The Kier molecular flexibility index (Phi) is 3.74. The fourth-order valence-electron chi connectivity index (χ4n) is 0.400. The van der Waals surface area contributed by atoms with Crippen LogP contribution in [-0.4, -0.2) is 23.5 Å². The molecule has 0 heterocycles. The third kappa shape index (κ3) is 2.54. The molecule has 80 valence electrons. The fraction of sp³-hybridized carbons (Fsp3) is 1.00. The maximum atomic E-state index is 11.8. The van der Waals surface area contributed by atoms with Crippen molar-refractivity contribution in [3.05, 3.63) is 0 Å². The zero-order chi connectivity index (χ0) is 10.9. The van der Waals surface area contributed by atoms with Gasteiger partial charge in [0.25, 0.3) is 0 Å². The third-order valence-corrected chi connectivity index (χ3v) is 1.63. The average molecular weight is 251 g/mol. The van der Waals surface area contributed by atoms with Crippen molar-refractivity contribution in [1.29, 1.82) is 0 Å². The van der Waals surface area contributed by atoms with Crippen molar-refractivity contribution in [2.24, 2.45) is 0 Å². The molecule has 0 saturated heterocycles. The van der Waals surface area contributed by atoms with Crippen LogP contribution in [0.3, 0.4) is 0 Å². The topological polar surface area (TPSA) is 9.23 Å². The van der Waals surface area contributed by atoms with Crippen molar-refractivity contribution in [3.63, 3.8) is 0 Å². The first-order valence-electron chi connectivity index (χ1n) is 2.58. The highest BCUT2D eigenvalue weighted by Gasteiger charge is 2.72. The standard InChI is InChI=1S/C4H2Cl2F6O/c5-1-13-2(6,3(7,8)9)4(10,11)12/h1H2. The van der Waals surface area contributed by atoms with Crippen LogP contribution in [0.2, 0.25) is 0 Å². The Hall–Kier alpha value is 0.120. The van der Waals surface area contributed by atoms with Crippen LogP contribution in [-0.2, 0) is 4.74 Å². The fourth-order valence-corrected chi connectivity index (χ4v) is 0.674. The Morgan fingerprint density at radius 3 is 1.31 bits per heavy atom. The van der Waals surface area contributed by atoms with Gasteiger partial charge in [-0.1, -0.05) is 23.2 Å². The van der Waals surface area contributed by atoms with Crippen molar-refractivity contribution >= 4 is 23.2 Å². The Morgan fingerprint density at radius 1 is 0.923 bits per heavy atom. The summed E-state index contributed by atoms with van der Waals surface area (Å²) in [6.07, 6.45) is -11.6. The molecular formula is C4H2Cl2F6O. The summed E-state index contributed by atoms with van der Waals surface area (Å²) >= 11 is 8.83. The molecule has 0 fully saturated rings. The van der Waals surface area contributed by atoms with Gasteiger partial charge in [0.1, 0.15) is 6.07 Å². The van der Waals surface area contributed by atoms with Crippen molar-refractivity contribution in [1.82, 2.24) is 0 Å². The molecule has 9 heteroatoms. The summed E-state index contributed by atoms with van der Waals surface area (Å²) in [5.41, 5.74) is 0. The number of hydrogen-bond acceptors (Lipinski definition) is 1. The highest BCUT2D eigenvalue weighted by molar-refractivity contribution is 6.24. The summed E-state index contributed by atoms with van der Waals surface area (Å²) < 4.78 is 73.7. The van der Waals surface area contributed by atoms with E-state index in [9.17, 15) is 26.3 Å². The SMILES string of the molecule is FC(F)(F)C(Cl)(OCCl)C(F)(F)F. The lowest BCUT2D eigenvalue weighted by Crippen LogP contribution is -2.54. The molecule has 0 aromatic carbocycles. The molecule has 0 spiro atoms. The van der Waals surface area contributed by atoms with Crippen molar-refractivity contribution in [2.45, 2.75) is 17.4 Å². The molecule has 0 saturated carbocycles. The Balaban J connectivity index is 4.96. The van der Waals surface area contributed by atoms with Gasteiger partial charge in [-0.2, -0.15) is 26.3 Å². The Bertz CT molecular complexity index is 160. The first kappa shape index (κ1) is 13.1. The van der Waals surface area contributed by atoms with E-state index >= 15 is 0 Å². The Morgan fingerprint density at radius 2 is 1.23 bits per heavy atom. The lowest BCUT2D eigenvalue weighted by atomic mass is 10.3. The van der Waals surface area contributed by atoms with E-state index in [1.54, 1.807) is 0 Å². The van der Waals surface area contributed by atoms with Gasteiger partial charge in [0.2, 0.25) is 0 Å². The first-order chi connectivity index (χ1) is 5.56. The summed E-state index contributed by atoms with van der Waals surface area (Å²) in [5, 5.41) is -4.73. The second-order valence-electron chi connectivity index (χ2n) is 1.84. The molecule has 0 aromatic heterocycles. The van der Waals surface area contributed by atoms with Crippen molar-refractivity contribution in [3.8, 4) is 0 Å². The highest BCUT2D eigenvalue weighted by atomic mass is 35.5. The monoisotopic (exact) mass is 250 g/mol. The van der Waals surface area contributed by atoms with Crippen LogP contribution in [0.25, 0.3) is 0 Å². The molecule has 0 aliphatic carbocycles.